The van der Waals surface area contributed by atoms with Crippen LogP contribution in [0.5, 0.6) is 11.5 Å². The maximum atomic E-state index is 12.9. The normalized spacial score (nSPS) is 18.5. The first-order chi connectivity index (χ1) is 13.3. The summed E-state index contributed by atoms with van der Waals surface area (Å²) < 4.78 is 13.2. The minimum atomic E-state index is 0.0833. The van der Waals surface area contributed by atoms with Crippen LogP contribution in [0.4, 0.5) is 0 Å². The molecular weight excluding hydrogens is 364 g/mol. The quantitative estimate of drug-likeness (QED) is 0.562. The van der Waals surface area contributed by atoms with Gasteiger partial charge in [-0.05, 0) is 30.5 Å². The van der Waals surface area contributed by atoms with E-state index in [1.165, 1.54) is 11.8 Å². The third-order valence-electron chi connectivity index (χ3n) is 4.75. The summed E-state index contributed by atoms with van der Waals surface area (Å²) in [6.07, 6.45) is 5.40. The first-order valence-corrected chi connectivity index (χ1v) is 10.1. The van der Waals surface area contributed by atoms with Gasteiger partial charge in [-0.25, -0.2) is 0 Å². The summed E-state index contributed by atoms with van der Waals surface area (Å²) in [4.78, 5) is 14.8. The van der Waals surface area contributed by atoms with Crippen molar-refractivity contribution in [3.05, 3.63) is 42.7 Å². The van der Waals surface area contributed by atoms with Crippen molar-refractivity contribution in [2.24, 2.45) is 0 Å². The number of likely N-dealkylation sites (tertiary alicyclic amines) is 1. The zero-order valence-electron chi connectivity index (χ0n) is 15.0. The summed E-state index contributed by atoms with van der Waals surface area (Å²) in [5.74, 6) is 2.00. The Hall–Kier alpha value is -2.48. The molecule has 0 unspecified atom stereocenters. The highest BCUT2D eigenvalue weighted by molar-refractivity contribution is 7.99. The lowest BCUT2D eigenvalue weighted by atomic mass is 10.0. The number of ether oxygens (including phenoxy) is 2. The number of hydrogen-bond acceptors (Lipinski definition) is 6. The number of rotatable bonds is 6. The van der Waals surface area contributed by atoms with Crippen LogP contribution in [0.25, 0.3) is 0 Å². The van der Waals surface area contributed by atoms with Gasteiger partial charge in [0, 0.05) is 13.1 Å². The third kappa shape index (κ3) is 3.80. The Kier molecular flexibility index (Phi) is 5.33. The minimum absolute atomic E-state index is 0.0833. The summed E-state index contributed by atoms with van der Waals surface area (Å²) in [5.41, 5.74) is 1.10. The molecule has 1 atom stereocenters. The van der Waals surface area contributed by atoms with Gasteiger partial charge in [0.25, 0.3) is 0 Å². The van der Waals surface area contributed by atoms with Crippen LogP contribution in [0.15, 0.2) is 42.3 Å². The average molecular weight is 386 g/mol. The Balaban J connectivity index is 1.44. The van der Waals surface area contributed by atoms with E-state index in [1.54, 1.807) is 12.4 Å². The van der Waals surface area contributed by atoms with Gasteiger partial charge in [0.2, 0.25) is 5.91 Å². The first-order valence-electron chi connectivity index (χ1n) is 9.07. The number of benzene rings is 1. The van der Waals surface area contributed by atoms with Crippen LogP contribution in [0.2, 0.25) is 0 Å². The van der Waals surface area contributed by atoms with Crippen molar-refractivity contribution in [3.8, 4) is 11.5 Å². The van der Waals surface area contributed by atoms with Crippen molar-refractivity contribution in [2.45, 2.75) is 30.6 Å². The zero-order valence-corrected chi connectivity index (χ0v) is 15.9. The Labute approximate surface area is 162 Å². The molecule has 1 aromatic carbocycles. The SMILES string of the molecule is C=CCn1cnnc1SCC(=O)N1CCC[C@@H]1c1ccc2c(c1)OCCO2. The topological polar surface area (TPSA) is 69.5 Å². The van der Waals surface area contributed by atoms with E-state index in [9.17, 15) is 4.79 Å². The highest BCUT2D eigenvalue weighted by Gasteiger charge is 2.31. The molecule has 0 saturated carbocycles. The molecule has 4 rings (SSSR count). The lowest BCUT2D eigenvalue weighted by Crippen LogP contribution is -2.32. The van der Waals surface area contributed by atoms with E-state index in [-0.39, 0.29) is 11.9 Å². The summed E-state index contributed by atoms with van der Waals surface area (Å²) >= 11 is 1.41. The number of hydrogen-bond donors (Lipinski definition) is 0. The van der Waals surface area contributed by atoms with Crippen LogP contribution in [-0.2, 0) is 11.3 Å². The van der Waals surface area contributed by atoms with Crippen LogP contribution < -0.4 is 9.47 Å². The van der Waals surface area contributed by atoms with Crippen molar-refractivity contribution in [2.75, 3.05) is 25.5 Å². The van der Waals surface area contributed by atoms with Crippen LogP contribution in [-0.4, -0.2) is 51.1 Å². The maximum Gasteiger partial charge on any atom is 0.233 e. The fraction of sp³-hybridized carbons (Fsp3) is 0.421. The van der Waals surface area contributed by atoms with E-state index in [0.717, 1.165) is 41.6 Å². The van der Waals surface area contributed by atoms with Crippen LogP contribution in [0.3, 0.4) is 0 Å². The van der Waals surface area contributed by atoms with Crippen LogP contribution in [0, 0.1) is 0 Å². The van der Waals surface area contributed by atoms with E-state index in [1.807, 2.05) is 27.7 Å². The second kappa shape index (κ2) is 8.04. The van der Waals surface area contributed by atoms with Crippen LogP contribution in [0.1, 0.15) is 24.4 Å². The molecule has 0 N–H and O–H groups in total. The predicted molar refractivity (Wildman–Crippen MR) is 102 cm³/mol. The third-order valence-corrected chi connectivity index (χ3v) is 5.72. The molecule has 27 heavy (non-hydrogen) atoms. The summed E-state index contributed by atoms with van der Waals surface area (Å²) in [7, 11) is 0. The molecule has 2 aliphatic heterocycles. The number of allylic oxidation sites excluding steroid dienone is 1. The summed E-state index contributed by atoms with van der Waals surface area (Å²) in [6, 6.07) is 6.08. The van der Waals surface area contributed by atoms with Gasteiger partial charge in [-0.3, -0.25) is 4.79 Å². The standard InChI is InChI=1S/C19H22N4O3S/c1-2-7-22-13-20-21-19(22)27-12-18(24)23-8-3-4-15(23)14-5-6-16-17(11-14)26-10-9-25-16/h2,5-6,11,13,15H,1,3-4,7-10,12H2/t15-/m1/s1. The van der Waals surface area contributed by atoms with E-state index in [0.29, 0.717) is 25.5 Å². The van der Waals surface area contributed by atoms with Gasteiger partial charge in [0.1, 0.15) is 19.5 Å². The molecule has 0 aliphatic carbocycles. The fourth-order valence-corrected chi connectivity index (χ4v) is 4.32. The van der Waals surface area contributed by atoms with Gasteiger partial charge >= 0.3 is 0 Å². The van der Waals surface area contributed by atoms with Crippen molar-refractivity contribution in [3.63, 3.8) is 0 Å². The number of fused-ring (bicyclic) bond motifs is 1. The van der Waals surface area contributed by atoms with Gasteiger partial charge < -0.3 is 18.9 Å². The largest absolute Gasteiger partial charge is 0.486 e. The first kappa shape index (κ1) is 17.9. The number of carbonyl (C=O) groups excluding carboxylic acids is 1. The molecule has 2 aromatic rings. The Morgan fingerprint density at radius 3 is 3.04 bits per heavy atom. The zero-order chi connectivity index (χ0) is 18.6. The van der Waals surface area contributed by atoms with Gasteiger partial charge in [-0.15, -0.1) is 16.8 Å². The number of nitrogens with zero attached hydrogens (tertiary/aromatic N) is 4. The summed E-state index contributed by atoms with van der Waals surface area (Å²) in [6.45, 7) is 6.28. The smallest absolute Gasteiger partial charge is 0.233 e. The van der Waals surface area contributed by atoms with Gasteiger partial charge in [-0.1, -0.05) is 23.9 Å². The highest BCUT2D eigenvalue weighted by atomic mass is 32.2. The number of thioether (sulfide) groups is 1. The molecule has 3 heterocycles. The fourth-order valence-electron chi connectivity index (χ4n) is 3.51. The molecule has 8 heteroatoms. The molecule has 142 valence electrons. The lowest BCUT2D eigenvalue weighted by Gasteiger charge is -2.26. The van der Waals surface area contributed by atoms with Crippen molar-refractivity contribution in [1.29, 1.82) is 0 Å². The molecule has 0 radical (unpaired) electrons. The second-order valence-corrected chi connectivity index (χ2v) is 7.43. The molecule has 1 fully saturated rings. The van der Waals surface area contributed by atoms with E-state index < -0.39 is 0 Å². The Morgan fingerprint density at radius 2 is 2.19 bits per heavy atom. The average Bonchev–Trinajstić information content (AvgIpc) is 3.35. The van der Waals surface area contributed by atoms with Crippen LogP contribution >= 0.6 is 11.8 Å². The second-order valence-electron chi connectivity index (χ2n) is 6.49. The number of carbonyl (C=O) groups is 1. The molecule has 0 bridgehead atoms. The van der Waals surface area contributed by atoms with Crippen molar-refractivity contribution >= 4 is 17.7 Å². The number of amides is 1. The molecule has 0 spiro atoms. The van der Waals surface area contributed by atoms with Crippen molar-refractivity contribution < 1.29 is 14.3 Å². The lowest BCUT2D eigenvalue weighted by molar-refractivity contribution is -0.129. The molecular formula is C19H22N4O3S. The van der Waals surface area contributed by atoms with Crippen molar-refractivity contribution in [1.82, 2.24) is 19.7 Å². The monoisotopic (exact) mass is 386 g/mol. The number of aromatic nitrogens is 3. The maximum absolute atomic E-state index is 12.9. The minimum Gasteiger partial charge on any atom is -0.486 e. The molecule has 7 nitrogen and oxygen atoms in total. The molecule has 1 aromatic heterocycles. The highest BCUT2D eigenvalue weighted by Crippen LogP contribution is 2.38. The Bertz CT molecular complexity index is 838. The molecule has 1 amide bonds. The molecule has 1 saturated heterocycles. The predicted octanol–water partition coefficient (Wildman–Crippen LogP) is 2.69. The summed E-state index contributed by atoms with van der Waals surface area (Å²) in [5, 5.41) is 8.73. The van der Waals surface area contributed by atoms with E-state index in [4.69, 9.17) is 9.47 Å². The van der Waals surface area contributed by atoms with E-state index >= 15 is 0 Å². The van der Waals surface area contributed by atoms with Gasteiger partial charge in [-0.2, -0.15) is 0 Å². The van der Waals surface area contributed by atoms with Gasteiger partial charge in [0.15, 0.2) is 16.7 Å². The van der Waals surface area contributed by atoms with Gasteiger partial charge in [0.05, 0.1) is 11.8 Å². The molecule has 2 aliphatic rings. The Morgan fingerprint density at radius 1 is 1.33 bits per heavy atom. The van der Waals surface area contributed by atoms with E-state index in [2.05, 4.69) is 16.8 Å².